The zero-order valence-electron chi connectivity index (χ0n) is 20.2. The third kappa shape index (κ3) is 8.16. The number of carbonyl (C=O) groups is 1. The van der Waals surface area contributed by atoms with Gasteiger partial charge in [-0.25, -0.2) is 4.79 Å². The Morgan fingerprint density at radius 1 is 0.971 bits per heavy atom. The molecule has 0 aromatic carbocycles. The first-order chi connectivity index (χ1) is 16.4. The number of hydrogen-bond acceptors (Lipinski definition) is 12. The molecule has 2 heterocycles. The Morgan fingerprint density at radius 3 is 2.17 bits per heavy atom. The van der Waals surface area contributed by atoms with Gasteiger partial charge in [-0.2, -0.15) is 0 Å². The second-order valence-corrected chi connectivity index (χ2v) is 15.4. The minimum absolute atomic E-state index is 0.0826. The van der Waals surface area contributed by atoms with E-state index in [1.54, 1.807) is 0 Å². The maximum atomic E-state index is 12.2. The number of nitrogens with one attached hydrogen (secondary N) is 1. The van der Waals surface area contributed by atoms with E-state index in [2.05, 4.69) is 31.5 Å². The van der Waals surface area contributed by atoms with Crippen molar-refractivity contribution in [1.82, 2.24) is 5.32 Å². The van der Waals surface area contributed by atoms with Crippen molar-refractivity contribution < 1.29 is 59.1 Å². The predicted octanol–water partition coefficient (Wildman–Crippen LogP) is -2.11. The number of alkyl carbamates (subject to hydrolysis) is 1. The highest BCUT2D eigenvalue weighted by Crippen LogP contribution is 2.30. The lowest BCUT2D eigenvalue weighted by atomic mass is 9.95. The van der Waals surface area contributed by atoms with Gasteiger partial charge in [0.25, 0.3) is 0 Å². The van der Waals surface area contributed by atoms with E-state index < -0.39 is 88.7 Å². The molecule has 2 rings (SSSR count). The summed E-state index contributed by atoms with van der Waals surface area (Å²) in [5.41, 5.74) is 0. The van der Waals surface area contributed by atoms with Gasteiger partial charge >= 0.3 is 6.09 Å². The van der Waals surface area contributed by atoms with Gasteiger partial charge in [0.05, 0.1) is 13.2 Å². The van der Waals surface area contributed by atoms with Crippen molar-refractivity contribution in [2.24, 2.45) is 0 Å². The lowest BCUT2D eigenvalue weighted by molar-refractivity contribution is -0.348. The summed E-state index contributed by atoms with van der Waals surface area (Å²) in [6, 6.07) is -0.433. The molecule has 2 aliphatic rings. The monoisotopic (exact) mass is 525 g/mol. The Balaban J connectivity index is 2.21. The maximum absolute atomic E-state index is 12.2. The Labute approximate surface area is 205 Å². The van der Waals surface area contributed by atoms with Crippen LogP contribution < -0.4 is 5.32 Å². The van der Waals surface area contributed by atoms with Gasteiger partial charge in [-0.15, -0.1) is 0 Å². The van der Waals surface area contributed by atoms with Crippen molar-refractivity contribution in [1.29, 1.82) is 0 Å². The summed E-state index contributed by atoms with van der Waals surface area (Å²) in [6.45, 7) is 8.81. The molecule has 204 valence electrons. The second kappa shape index (κ2) is 13.4. The SMILES string of the molecule is C=CCOC(=O)N[C@H]1[C@H](OCC[Si](C)(C)C)O[C@H](CO)[C@@H](O[C@@H]2O[C@H](CO)[C@H](O)[C@H](O)[C@H]2O)[C@@H]1O. The van der Waals surface area contributed by atoms with Crippen molar-refractivity contribution in [2.75, 3.05) is 26.4 Å². The molecule has 13 nitrogen and oxygen atoms in total. The highest BCUT2D eigenvalue weighted by Gasteiger charge is 2.51. The topological polar surface area (TPSA) is 197 Å². The third-order valence-corrected chi connectivity index (χ3v) is 7.45. The average molecular weight is 526 g/mol. The fourth-order valence-electron chi connectivity index (χ4n) is 3.66. The molecule has 14 heteroatoms. The number of amides is 1. The third-order valence-electron chi connectivity index (χ3n) is 5.74. The van der Waals surface area contributed by atoms with Gasteiger partial charge in [-0.05, 0) is 6.04 Å². The molecule has 0 bridgehead atoms. The largest absolute Gasteiger partial charge is 0.445 e. The second-order valence-electron chi connectivity index (χ2n) is 9.75. The molecular formula is C21H39NO12Si. The summed E-state index contributed by atoms with van der Waals surface area (Å²) in [5, 5.41) is 63.2. The van der Waals surface area contributed by atoms with Crippen LogP contribution in [0.2, 0.25) is 25.7 Å². The lowest BCUT2D eigenvalue weighted by Crippen LogP contribution is -2.67. The summed E-state index contributed by atoms with van der Waals surface area (Å²) >= 11 is 0. The molecule has 0 aromatic heterocycles. The molecule has 0 spiro atoms. The van der Waals surface area contributed by atoms with E-state index in [9.17, 15) is 35.4 Å². The number of aliphatic hydroxyl groups excluding tert-OH is 6. The number of aliphatic hydroxyl groups is 6. The molecule has 0 unspecified atom stereocenters. The van der Waals surface area contributed by atoms with Crippen LogP contribution in [0, 0.1) is 0 Å². The average Bonchev–Trinajstić information content (AvgIpc) is 2.80. The number of hydrogen-bond donors (Lipinski definition) is 7. The van der Waals surface area contributed by atoms with Crippen LogP contribution in [0.4, 0.5) is 4.79 Å². The standard InChI is InChI=1S/C21H39NO12Si/c1-5-6-31-21(29)22-13-15(26)18(12(10-24)33-19(13)30-7-8-35(2,3)4)34-20-17(28)16(27)14(25)11(9-23)32-20/h5,11-20,23-28H,1,6-10H2,2-4H3,(H,22,29)/t11-,12-,13-,14+,15-,16+,17-,18-,19-,20+/m1/s1. The Hall–Kier alpha value is -1.17. The van der Waals surface area contributed by atoms with Gasteiger partial charge < -0.3 is 59.6 Å². The Morgan fingerprint density at radius 2 is 1.60 bits per heavy atom. The lowest BCUT2D eigenvalue weighted by Gasteiger charge is -2.47. The van der Waals surface area contributed by atoms with Crippen LogP contribution in [0.15, 0.2) is 12.7 Å². The van der Waals surface area contributed by atoms with E-state index in [1.165, 1.54) is 6.08 Å². The molecule has 7 N–H and O–H groups in total. The first-order valence-corrected chi connectivity index (χ1v) is 15.2. The van der Waals surface area contributed by atoms with Crippen LogP contribution >= 0.6 is 0 Å². The zero-order valence-corrected chi connectivity index (χ0v) is 21.2. The summed E-state index contributed by atoms with van der Waals surface area (Å²) < 4.78 is 27.6. The summed E-state index contributed by atoms with van der Waals surface area (Å²) in [6.07, 6.45) is -12.7. The van der Waals surface area contributed by atoms with Crippen LogP contribution in [0.3, 0.4) is 0 Å². The first-order valence-electron chi connectivity index (χ1n) is 11.5. The number of carbonyl (C=O) groups excluding carboxylic acids is 1. The van der Waals surface area contributed by atoms with E-state index in [-0.39, 0.29) is 13.2 Å². The molecule has 2 fully saturated rings. The summed E-state index contributed by atoms with van der Waals surface area (Å²) in [7, 11) is -1.48. The van der Waals surface area contributed by atoms with Crippen molar-refractivity contribution >= 4 is 14.2 Å². The van der Waals surface area contributed by atoms with E-state index in [4.69, 9.17) is 23.7 Å². The summed E-state index contributed by atoms with van der Waals surface area (Å²) in [5.74, 6) is 0. The molecule has 35 heavy (non-hydrogen) atoms. The van der Waals surface area contributed by atoms with Crippen LogP contribution in [-0.4, -0.2) is 133 Å². The highest BCUT2D eigenvalue weighted by molar-refractivity contribution is 6.76. The molecule has 10 atom stereocenters. The van der Waals surface area contributed by atoms with Crippen LogP contribution in [0.5, 0.6) is 0 Å². The predicted molar refractivity (Wildman–Crippen MR) is 123 cm³/mol. The minimum Gasteiger partial charge on any atom is -0.445 e. The fraction of sp³-hybridized carbons (Fsp3) is 0.857. The van der Waals surface area contributed by atoms with Gasteiger partial charge in [0.2, 0.25) is 0 Å². The van der Waals surface area contributed by atoms with E-state index in [0.29, 0.717) is 0 Å². The van der Waals surface area contributed by atoms with Crippen molar-refractivity contribution in [3.05, 3.63) is 12.7 Å². The minimum atomic E-state index is -1.74. The quantitative estimate of drug-likeness (QED) is 0.115. The zero-order chi connectivity index (χ0) is 26.3. The molecule has 2 aliphatic heterocycles. The normalized spacial score (nSPS) is 38.1. The van der Waals surface area contributed by atoms with Gasteiger partial charge in [0.1, 0.15) is 55.4 Å². The molecular weight excluding hydrogens is 486 g/mol. The van der Waals surface area contributed by atoms with Crippen LogP contribution in [-0.2, 0) is 23.7 Å². The van der Waals surface area contributed by atoms with E-state index in [1.807, 2.05) is 0 Å². The van der Waals surface area contributed by atoms with Gasteiger partial charge in [-0.3, -0.25) is 0 Å². The molecule has 0 aliphatic carbocycles. The van der Waals surface area contributed by atoms with Gasteiger partial charge in [0.15, 0.2) is 12.6 Å². The van der Waals surface area contributed by atoms with Gasteiger partial charge in [0, 0.05) is 14.7 Å². The fourth-order valence-corrected chi connectivity index (χ4v) is 4.39. The maximum Gasteiger partial charge on any atom is 0.407 e. The van der Waals surface area contributed by atoms with E-state index in [0.717, 1.165) is 6.04 Å². The Kier molecular flexibility index (Phi) is 11.5. The van der Waals surface area contributed by atoms with Crippen molar-refractivity contribution in [3.63, 3.8) is 0 Å². The van der Waals surface area contributed by atoms with Gasteiger partial charge in [-0.1, -0.05) is 32.3 Å². The molecule has 0 saturated carbocycles. The van der Waals surface area contributed by atoms with Crippen molar-refractivity contribution in [2.45, 2.75) is 87.0 Å². The van der Waals surface area contributed by atoms with Crippen molar-refractivity contribution in [3.8, 4) is 0 Å². The number of rotatable bonds is 11. The smallest absolute Gasteiger partial charge is 0.407 e. The molecule has 2 saturated heterocycles. The summed E-state index contributed by atoms with van der Waals surface area (Å²) in [4.78, 5) is 12.2. The molecule has 1 amide bonds. The highest BCUT2D eigenvalue weighted by atomic mass is 28.3. The molecule has 0 aromatic rings. The van der Waals surface area contributed by atoms with Crippen LogP contribution in [0.1, 0.15) is 0 Å². The number of ether oxygens (including phenoxy) is 5. The molecule has 0 radical (unpaired) electrons. The first kappa shape index (κ1) is 30.1. The van der Waals surface area contributed by atoms with E-state index >= 15 is 0 Å². The van der Waals surface area contributed by atoms with Crippen LogP contribution in [0.25, 0.3) is 0 Å². The Bertz CT molecular complexity index is 677.